The Labute approximate surface area is 145 Å². The van der Waals surface area contributed by atoms with E-state index in [0.29, 0.717) is 37.1 Å². The summed E-state index contributed by atoms with van der Waals surface area (Å²) in [5, 5.41) is 11.7. The van der Waals surface area contributed by atoms with Crippen LogP contribution in [0.1, 0.15) is 27.9 Å². The lowest BCUT2D eigenvalue weighted by Crippen LogP contribution is -2.12. The number of hydrogen-bond acceptors (Lipinski definition) is 3. The van der Waals surface area contributed by atoms with Gasteiger partial charge in [0.15, 0.2) is 0 Å². The van der Waals surface area contributed by atoms with E-state index >= 15 is 0 Å². The number of nitrogens with one attached hydrogen (secondary N) is 1. The quantitative estimate of drug-likeness (QED) is 0.659. The van der Waals surface area contributed by atoms with Gasteiger partial charge in [-0.25, -0.2) is 13.6 Å². The molecule has 4 N–H and O–H groups in total. The minimum atomic E-state index is -5.00. The number of aromatic carboxylic acids is 1. The molecule has 140 valence electrons. The first-order valence-electron chi connectivity index (χ1n) is 7.53. The lowest BCUT2D eigenvalue weighted by atomic mass is 10.0. The van der Waals surface area contributed by atoms with E-state index in [2.05, 4.69) is 5.32 Å². The highest BCUT2D eigenvalue weighted by atomic mass is 19.4. The number of halogens is 5. The summed E-state index contributed by atoms with van der Waals surface area (Å²) in [6.45, 7) is 0.311. The molecule has 2 aromatic rings. The first kappa shape index (κ1) is 19.6. The van der Waals surface area contributed by atoms with Gasteiger partial charge in [0.1, 0.15) is 11.6 Å². The van der Waals surface area contributed by atoms with Crippen LogP contribution < -0.4 is 11.1 Å². The molecule has 2 rings (SSSR count). The zero-order valence-electron chi connectivity index (χ0n) is 13.3. The van der Waals surface area contributed by atoms with E-state index in [1.54, 1.807) is 0 Å². The van der Waals surface area contributed by atoms with Gasteiger partial charge in [-0.1, -0.05) is 0 Å². The molecule has 0 aliphatic heterocycles. The van der Waals surface area contributed by atoms with Gasteiger partial charge in [0.2, 0.25) is 0 Å². The van der Waals surface area contributed by atoms with Crippen molar-refractivity contribution in [2.45, 2.75) is 19.0 Å². The van der Waals surface area contributed by atoms with E-state index in [1.807, 2.05) is 0 Å². The number of hydrogen-bond donors (Lipinski definition) is 3. The number of carboxylic acids is 1. The number of anilines is 2. The van der Waals surface area contributed by atoms with E-state index in [0.717, 1.165) is 6.07 Å². The van der Waals surface area contributed by atoms with E-state index in [4.69, 9.17) is 10.8 Å². The molecule has 2 aromatic carbocycles. The summed E-state index contributed by atoms with van der Waals surface area (Å²) in [7, 11) is 0. The minimum Gasteiger partial charge on any atom is -0.478 e. The van der Waals surface area contributed by atoms with Crippen molar-refractivity contribution in [1.29, 1.82) is 0 Å². The number of nitrogens with two attached hydrogens (primary N) is 1. The third-order valence-electron chi connectivity index (χ3n) is 3.63. The smallest absolute Gasteiger partial charge is 0.419 e. The third kappa shape index (κ3) is 4.48. The molecule has 0 aliphatic carbocycles. The number of carbonyl (C=O) groups is 1. The van der Waals surface area contributed by atoms with Crippen LogP contribution in [0, 0.1) is 11.6 Å². The SMILES string of the molecule is NCCCc1cc(F)ccc1Nc1cc(C(F)(F)F)c(F)cc1C(=O)O. The van der Waals surface area contributed by atoms with E-state index in [-0.39, 0.29) is 5.69 Å². The average Bonchev–Trinajstić information content (AvgIpc) is 2.54. The van der Waals surface area contributed by atoms with E-state index in [1.165, 1.54) is 12.1 Å². The summed E-state index contributed by atoms with van der Waals surface area (Å²) in [5.74, 6) is -3.86. The Morgan fingerprint density at radius 1 is 1.12 bits per heavy atom. The van der Waals surface area contributed by atoms with E-state index < -0.39 is 40.6 Å². The first-order valence-corrected chi connectivity index (χ1v) is 7.53. The van der Waals surface area contributed by atoms with Gasteiger partial charge in [0.05, 0.1) is 16.8 Å². The number of benzene rings is 2. The Morgan fingerprint density at radius 3 is 2.38 bits per heavy atom. The highest BCUT2D eigenvalue weighted by molar-refractivity contribution is 5.95. The molecule has 0 heterocycles. The van der Waals surface area contributed by atoms with Crippen molar-refractivity contribution in [3.63, 3.8) is 0 Å². The Hall–Kier alpha value is -2.68. The largest absolute Gasteiger partial charge is 0.478 e. The van der Waals surface area contributed by atoms with E-state index in [9.17, 15) is 26.7 Å². The fourth-order valence-corrected chi connectivity index (χ4v) is 2.40. The van der Waals surface area contributed by atoms with Crippen LogP contribution in [0.2, 0.25) is 0 Å². The normalized spacial score (nSPS) is 11.5. The van der Waals surface area contributed by atoms with Crippen molar-refractivity contribution >= 4 is 17.3 Å². The predicted molar refractivity (Wildman–Crippen MR) is 85.4 cm³/mol. The highest BCUT2D eigenvalue weighted by Gasteiger charge is 2.35. The molecule has 0 aromatic heterocycles. The fourth-order valence-electron chi connectivity index (χ4n) is 2.40. The molecule has 9 heteroatoms. The Bertz CT molecular complexity index is 822. The van der Waals surface area contributed by atoms with Crippen LogP contribution in [0.3, 0.4) is 0 Å². The topological polar surface area (TPSA) is 75.3 Å². The van der Waals surface area contributed by atoms with Crippen LogP contribution in [-0.2, 0) is 12.6 Å². The summed E-state index contributed by atoms with van der Waals surface area (Å²) < 4.78 is 65.9. The molecule has 0 radical (unpaired) electrons. The second-order valence-corrected chi connectivity index (χ2v) is 5.50. The molecule has 0 saturated heterocycles. The molecule has 4 nitrogen and oxygen atoms in total. The van der Waals surface area contributed by atoms with Crippen molar-refractivity contribution in [3.8, 4) is 0 Å². The number of aryl methyl sites for hydroxylation is 1. The monoisotopic (exact) mass is 374 g/mol. The second-order valence-electron chi connectivity index (χ2n) is 5.50. The standard InChI is InChI=1S/C17H15F5N2O2/c18-10-3-4-14(9(6-10)2-1-5-23)24-15-8-12(17(20,21)22)13(19)7-11(15)16(25)26/h3-4,6-8,24H,1-2,5,23H2,(H,25,26). The lowest BCUT2D eigenvalue weighted by molar-refractivity contribution is -0.139. The molecular formula is C17H15F5N2O2. The summed E-state index contributed by atoms with van der Waals surface area (Å²) in [6, 6.07) is 4.20. The predicted octanol–water partition coefficient (Wildman–Crippen LogP) is 4.32. The first-order chi connectivity index (χ1) is 12.1. The number of rotatable bonds is 6. The van der Waals surface area contributed by atoms with Crippen LogP contribution >= 0.6 is 0 Å². The molecule has 0 amide bonds. The van der Waals surface area contributed by atoms with Crippen molar-refractivity contribution < 1.29 is 31.9 Å². The zero-order valence-corrected chi connectivity index (χ0v) is 13.3. The summed E-state index contributed by atoms with van der Waals surface area (Å²) in [5.41, 5.74) is 3.29. The minimum absolute atomic E-state index is 0.210. The van der Waals surface area contributed by atoms with Crippen LogP contribution in [0.4, 0.5) is 33.3 Å². The van der Waals surface area contributed by atoms with Gasteiger partial charge in [-0.3, -0.25) is 0 Å². The van der Waals surface area contributed by atoms with Crippen LogP contribution in [0.5, 0.6) is 0 Å². The maximum absolute atomic E-state index is 13.6. The van der Waals surface area contributed by atoms with Crippen molar-refractivity contribution in [3.05, 3.63) is 58.7 Å². The Kier molecular flexibility index (Phi) is 5.81. The zero-order chi connectivity index (χ0) is 19.5. The Morgan fingerprint density at radius 2 is 1.81 bits per heavy atom. The Balaban J connectivity index is 2.53. The highest BCUT2D eigenvalue weighted by Crippen LogP contribution is 2.36. The van der Waals surface area contributed by atoms with Gasteiger partial charge < -0.3 is 16.2 Å². The maximum Gasteiger partial charge on any atom is 0.419 e. The van der Waals surface area contributed by atoms with Gasteiger partial charge in [-0.15, -0.1) is 0 Å². The average molecular weight is 374 g/mol. The molecule has 0 fully saturated rings. The summed E-state index contributed by atoms with van der Waals surface area (Å²) in [6.07, 6.45) is -4.18. The molecule has 0 bridgehead atoms. The molecule has 0 aliphatic rings. The molecule has 0 unspecified atom stereocenters. The molecular weight excluding hydrogens is 359 g/mol. The van der Waals surface area contributed by atoms with Crippen molar-refractivity contribution in [2.75, 3.05) is 11.9 Å². The summed E-state index contributed by atoms with van der Waals surface area (Å²) >= 11 is 0. The van der Waals surface area contributed by atoms with Crippen LogP contribution in [0.15, 0.2) is 30.3 Å². The van der Waals surface area contributed by atoms with Gasteiger partial charge in [0, 0.05) is 5.69 Å². The molecule has 0 atom stereocenters. The van der Waals surface area contributed by atoms with Crippen LogP contribution in [-0.4, -0.2) is 17.6 Å². The van der Waals surface area contributed by atoms with Gasteiger partial charge in [-0.2, -0.15) is 13.2 Å². The van der Waals surface area contributed by atoms with Gasteiger partial charge in [0.25, 0.3) is 0 Å². The maximum atomic E-state index is 13.6. The van der Waals surface area contributed by atoms with Gasteiger partial charge >= 0.3 is 12.1 Å². The third-order valence-corrected chi connectivity index (χ3v) is 3.63. The van der Waals surface area contributed by atoms with Gasteiger partial charge in [-0.05, 0) is 55.3 Å². The number of carboxylic acid groups (broad SMARTS) is 1. The van der Waals surface area contributed by atoms with Crippen LogP contribution in [0.25, 0.3) is 0 Å². The summed E-state index contributed by atoms with van der Waals surface area (Å²) in [4.78, 5) is 11.3. The fraction of sp³-hybridized carbons (Fsp3) is 0.235. The second kappa shape index (κ2) is 7.69. The lowest BCUT2D eigenvalue weighted by Gasteiger charge is -2.17. The molecule has 0 spiro atoms. The van der Waals surface area contributed by atoms with Crippen molar-refractivity contribution in [1.82, 2.24) is 0 Å². The number of alkyl halides is 3. The molecule has 0 saturated carbocycles. The molecule has 26 heavy (non-hydrogen) atoms. The van der Waals surface area contributed by atoms with Crippen molar-refractivity contribution in [2.24, 2.45) is 5.73 Å².